The van der Waals surface area contributed by atoms with E-state index in [1.807, 2.05) is 86.6 Å². The normalized spacial score (nSPS) is 12.0. The van der Waals surface area contributed by atoms with Crippen LogP contribution in [0.5, 0.6) is 5.75 Å². The third-order valence-corrected chi connectivity index (χ3v) is 6.00. The van der Waals surface area contributed by atoms with Crippen LogP contribution in [0.15, 0.2) is 60.7 Å². The van der Waals surface area contributed by atoms with E-state index in [0.717, 1.165) is 33.3 Å². The summed E-state index contributed by atoms with van der Waals surface area (Å²) in [6, 6.07) is 19.5. The number of rotatable bonds is 6. The third kappa shape index (κ3) is 3.76. The number of carbonyl (C=O) groups excluding carboxylic acids is 1. The molecule has 2 aromatic carbocycles. The Hall–Kier alpha value is -3.32. The van der Waals surface area contributed by atoms with Gasteiger partial charge in [0.1, 0.15) is 16.1 Å². The summed E-state index contributed by atoms with van der Waals surface area (Å²) in [4.78, 5) is 21.3. The SMILES string of the molecule is COc1cccc(C(C)NC(=O)c2cc3nc(N(C)C)n(-c4ccccc4)c3s2)c1. The molecule has 154 valence electrons. The number of amides is 1. The number of aromatic nitrogens is 2. The minimum absolute atomic E-state index is 0.112. The highest BCUT2D eigenvalue weighted by molar-refractivity contribution is 7.20. The summed E-state index contributed by atoms with van der Waals surface area (Å²) in [5.74, 6) is 1.49. The van der Waals surface area contributed by atoms with Gasteiger partial charge in [-0.05, 0) is 42.8 Å². The Balaban J connectivity index is 1.65. The highest BCUT2D eigenvalue weighted by Crippen LogP contribution is 2.33. The van der Waals surface area contributed by atoms with Crippen molar-refractivity contribution in [2.75, 3.05) is 26.1 Å². The molecule has 0 radical (unpaired) electrons. The number of para-hydroxylation sites is 1. The number of imidazole rings is 1. The van der Waals surface area contributed by atoms with Crippen molar-refractivity contribution in [3.63, 3.8) is 0 Å². The molecule has 2 aromatic heterocycles. The van der Waals surface area contributed by atoms with Crippen LogP contribution in [0.4, 0.5) is 5.95 Å². The molecular weight excluding hydrogens is 396 g/mol. The molecule has 1 unspecified atom stereocenters. The number of thiophene rings is 1. The van der Waals surface area contributed by atoms with Crippen LogP contribution in [0.3, 0.4) is 0 Å². The van der Waals surface area contributed by atoms with Gasteiger partial charge in [0.15, 0.2) is 0 Å². The highest BCUT2D eigenvalue weighted by atomic mass is 32.1. The molecule has 2 heterocycles. The Morgan fingerprint density at radius 3 is 2.60 bits per heavy atom. The number of methoxy groups -OCH3 is 1. The van der Waals surface area contributed by atoms with Gasteiger partial charge in [0.25, 0.3) is 5.91 Å². The van der Waals surface area contributed by atoms with Gasteiger partial charge in [-0.25, -0.2) is 4.98 Å². The first-order valence-electron chi connectivity index (χ1n) is 9.67. The molecule has 1 amide bonds. The molecular formula is C23H24N4O2S. The number of nitrogens with zero attached hydrogens (tertiary/aromatic N) is 3. The van der Waals surface area contributed by atoms with E-state index in [1.165, 1.54) is 11.3 Å². The molecule has 6 nitrogen and oxygen atoms in total. The molecule has 0 aliphatic heterocycles. The maximum atomic E-state index is 12.9. The maximum Gasteiger partial charge on any atom is 0.261 e. The summed E-state index contributed by atoms with van der Waals surface area (Å²) in [6.07, 6.45) is 0. The lowest BCUT2D eigenvalue weighted by atomic mass is 10.1. The lowest BCUT2D eigenvalue weighted by Gasteiger charge is -2.15. The van der Waals surface area contributed by atoms with Gasteiger partial charge in [-0.1, -0.05) is 30.3 Å². The van der Waals surface area contributed by atoms with Gasteiger partial charge in [0, 0.05) is 19.8 Å². The monoisotopic (exact) mass is 420 g/mol. The van der Waals surface area contributed by atoms with E-state index >= 15 is 0 Å². The zero-order chi connectivity index (χ0) is 21.3. The predicted molar refractivity (Wildman–Crippen MR) is 122 cm³/mol. The molecule has 0 aliphatic carbocycles. The summed E-state index contributed by atoms with van der Waals surface area (Å²) in [5.41, 5.74) is 2.82. The maximum absolute atomic E-state index is 12.9. The minimum Gasteiger partial charge on any atom is -0.497 e. The second-order valence-corrected chi connectivity index (χ2v) is 8.28. The van der Waals surface area contributed by atoms with E-state index in [1.54, 1.807) is 7.11 Å². The van der Waals surface area contributed by atoms with Gasteiger partial charge >= 0.3 is 0 Å². The van der Waals surface area contributed by atoms with Gasteiger partial charge in [-0.2, -0.15) is 0 Å². The summed E-state index contributed by atoms with van der Waals surface area (Å²) < 4.78 is 7.37. The van der Waals surface area contributed by atoms with Crippen molar-refractivity contribution in [1.29, 1.82) is 0 Å². The van der Waals surface area contributed by atoms with Gasteiger partial charge in [-0.15, -0.1) is 11.3 Å². The van der Waals surface area contributed by atoms with Crippen molar-refractivity contribution in [3.05, 3.63) is 71.1 Å². The standard InChI is InChI=1S/C23H24N4O2S/c1-15(16-9-8-12-18(13-16)29-4)24-21(28)20-14-19-22(30-20)27(23(25-19)26(2)3)17-10-6-5-7-11-17/h5-15H,1-4H3,(H,24,28). The van der Waals surface area contributed by atoms with Crippen LogP contribution < -0.4 is 15.0 Å². The molecule has 7 heteroatoms. The lowest BCUT2D eigenvalue weighted by molar-refractivity contribution is 0.0944. The summed E-state index contributed by atoms with van der Waals surface area (Å²) in [5, 5.41) is 3.08. The molecule has 4 rings (SSSR count). The lowest BCUT2D eigenvalue weighted by Crippen LogP contribution is -2.25. The number of anilines is 1. The fraction of sp³-hybridized carbons (Fsp3) is 0.217. The van der Waals surface area contributed by atoms with Gasteiger partial charge in [-0.3, -0.25) is 9.36 Å². The van der Waals surface area contributed by atoms with Crippen molar-refractivity contribution in [3.8, 4) is 11.4 Å². The fourth-order valence-corrected chi connectivity index (χ4v) is 4.36. The van der Waals surface area contributed by atoms with Gasteiger partial charge in [0.2, 0.25) is 5.95 Å². The number of nitrogens with one attached hydrogen (secondary N) is 1. The van der Waals surface area contributed by atoms with Gasteiger partial charge < -0.3 is 15.0 Å². The number of ether oxygens (including phenoxy) is 1. The second kappa shape index (κ2) is 8.20. The van der Waals surface area contributed by atoms with Crippen molar-refractivity contribution < 1.29 is 9.53 Å². The van der Waals surface area contributed by atoms with Crippen molar-refractivity contribution in [2.45, 2.75) is 13.0 Å². The fourth-order valence-electron chi connectivity index (χ4n) is 3.34. The first-order chi connectivity index (χ1) is 14.5. The Morgan fingerprint density at radius 1 is 1.13 bits per heavy atom. The van der Waals surface area contributed by atoms with Crippen LogP contribution in [-0.2, 0) is 0 Å². The molecule has 1 atom stereocenters. The number of hydrogen-bond donors (Lipinski definition) is 1. The molecule has 0 saturated carbocycles. The van der Waals surface area contributed by atoms with Crippen LogP contribution in [0.1, 0.15) is 28.2 Å². The van der Waals surface area contributed by atoms with Crippen LogP contribution >= 0.6 is 11.3 Å². The first kappa shape index (κ1) is 20.0. The van der Waals surface area contributed by atoms with Crippen LogP contribution in [-0.4, -0.2) is 36.7 Å². The van der Waals surface area contributed by atoms with Crippen LogP contribution in [0.2, 0.25) is 0 Å². The van der Waals surface area contributed by atoms with Crippen molar-refractivity contribution in [2.24, 2.45) is 0 Å². The Bertz CT molecular complexity index is 1180. The number of hydrogen-bond acceptors (Lipinski definition) is 5. The molecule has 4 aromatic rings. The second-order valence-electron chi connectivity index (χ2n) is 7.25. The highest BCUT2D eigenvalue weighted by Gasteiger charge is 2.21. The average Bonchev–Trinajstić information content (AvgIpc) is 3.32. The third-order valence-electron chi connectivity index (χ3n) is 4.90. The number of benzene rings is 2. The van der Waals surface area contributed by atoms with E-state index < -0.39 is 0 Å². The Labute approximate surface area is 179 Å². The van der Waals surface area contributed by atoms with E-state index in [9.17, 15) is 4.79 Å². The van der Waals surface area contributed by atoms with E-state index in [0.29, 0.717) is 4.88 Å². The molecule has 0 spiro atoms. The van der Waals surface area contributed by atoms with E-state index in [2.05, 4.69) is 9.88 Å². The van der Waals surface area contributed by atoms with Crippen molar-refractivity contribution >= 4 is 33.5 Å². The number of fused-ring (bicyclic) bond motifs is 1. The average molecular weight is 421 g/mol. The molecule has 1 N–H and O–H groups in total. The topological polar surface area (TPSA) is 59.4 Å². The Morgan fingerprint density at radius 2 is 1.90 bits per heavy atom. The van der Waals surface area contributed by atoms with Gasteiger partial charge in [0.05, 0.1) is 18.0 Å². The van der Waals surface area contributed by atoms with E-state index in [4.69, 9.17) is 9.72 Å². The molecule has 0 bridgehead atoms. The van der Waals surface area contributed by atoms with Crippen LogP contribution in [0.25, 0.3) is 16.0 Å². The Kier molecular flexibility index (Phi) is 5.46. The zero-order valence-electron chi connectivity index (χ0n) is 17.4. The quantitative estimate of drug-likeness (QED) is 0.493. The van der Waals surface area contributed by atoms with Crippen LogP contribution in [0, 0.1) is 0 Å². The summed E-state index contributed by atoms with van der Waals surface area (Å²) in [7, 11) is 5.57. The van der Waals surface area contributed by atoms with E-state index in [-0.39, 0.29) is 11.9 Å². The molecule has 0 fully saturated rings. The number of carbonyl (C=O) groups is 1. The summed E-state index contributed by atoms with van der Waals surface area (Å²) >= 11 is 1.45. The smallest absolute Gasteiger partial charge is 0.261 e. The first-order valence-corrected chi connectivity index (χ1v) is 10.5. The minimum atomic E-state index is -0.143. The zero-order valence-corrected chi connectivity index (χ0v) is 18.2. The largest absolute Gasteiger partial charge is 0.497 e. The van der Waals surface area contributed by atoms with Crippen molar-refractivity contribution in [1.82, 2.24) is 14.9 Å². The molecule has 0 saturated heterocycles. The molecule has 0 aliphatic rings. The molecule has 30 heavy (non-hydrogen) atoms. The predicted octanol–water partition coefficient (Wildman–Crippen LogP) is 4.65. The summed E-state index contributed by atoms with van der Waals surface area (Å²) in [6.45, 7) is 1.96.